The third-order valence-electron chi connectivity index (χ3n) is 6.66. The Labute approximate surface area is 147 Å². The standard InChI is InChI=1S/C18H24O2.Pb/c1-18-9-8-14-13-5-3-12(19)10-11(13)2-4-15(14)16(18)6-7-17(18)20;/h3,5,10,14-17,19-20H,2,4,6-9H2,1H3;/t14-,15-,16+,17?,18+;/m1./s1. The SMILES string of the molecule is C[C@]12CC[C@@H]3c4ccc(O)cc4CC[C@H]3[C@@H]1CCC2O.[Pb]. The second-order valence-electron chi connectivity index (χ2n) is 7.44. The number of aryl methyl sites for hydroxylation is 1. The Bertz CT molecular complexity index is 544. The minimum absolute atomic E-state index is 0. The van der Waals surface area contributed by atoms with Crippen molar-refractivity contribution in [1.82, 2.24) is 0 Å². The summed E-state index contributed by atoms with van der Waals surface area (Å²) in [6, 6.07) is 5.96. The van der Waals surface area contributed by atoms with Gasteiger partial charge in [-0.25, -0.2) is 0 Å². The molecule has 21 heavy (non-hydrogen) atoms. The summed E-state index contributed by atoms with van der Waals surface area (Å²) < 4.78 is 0. The van der Waals surface area contributed by atoms with Gasteiger partial charge in [0.25, 0.3) is 0 Å². The van der Waals surface area contributed by atoms with E-state index in [0.717, 1.165) is 25.2 Å². The molecule has 2 nitrogen and oxygen atoms in total. The van der Waals surface area contributed by atoms with Crippen LogP contribution in [0.25, 0.3) is 0 Å². The number of rotatable bonds is 0. The molecule has 4 radical (unpaired) electrons. The first-order chi connectivity index (χ1) is 9.59. The van der Waals surface area contributed by atoms with Gasteiger partial charge < -0.3 is 10.2 Å². The van der Waals surface area contributed by atoms with E-state index in [0.29, 0.717) is 17.6 Å². The molecule has 5 atom stereocenters. The van der Waals surface area contributed by atoms with Gasteiger partial charge in [-0.1, -0.05) is 13.0 Å². The molecule has 3 aliphatic carbocycles. The van der Waals surface area contributed by atoms with Gasteiger partial charge in [-0.3, -0.25) is 0 Å². The van der Waals surface area contributed by atoms with E-state index in [-0.39, 0.29) is 38.8 Å². The second kappa shape index (κ2) is 5.52. The number of benzene rings is 1. The van der Waals surface area contributed by atoms with Gasteiger partial charge in [0.2, 0.25) is 0 Å². The fraction of sp³-hybridized carbons (Fsp3) is 0.667. The zero-order valence-electron chi connectivity index (χ0n) is 12.7. The molecular weight excluding hydrogens is 455 g/mol. The predicted octanol–water partition coefficient (Wildman–Crippen LogP) is 3.23. The van der Waals surface area contributed by atoms with Crippen LogP contribution in [0.4, 0.5) is 0 Å². The van der Waals surface area contributed by atoms with Crippen LogP contribution in [0.15, 0.2) is 18.2 Å². The predicted molar refractivity (Wildman–Crippen MR) is 84.5 cm³/mol. The van der Waals surface area contributed by atoms with Gasteiger partial charge in [-0.05, 0) is 85.0 Å². The maximum atomic E-state index is 10.4. The topological polar surface area (TPSA) is 40.5 Å². The minimum Gasteiger partial charge on any atom is -0.508 e. The van der Waals surface area contributed by atoms with Crippen molar-refractivity contribution >= 4 is 27.3 Å². The van der Waals surface area contributed by atoms with E-state index in [9.17, 15) is 10.2 Å². The number of aliphatic hydroxyl groups is 1. The van der Waals surface area contributed by atoms with E-state index in [1.54, 1.807) is 0 Å². The Morgan fingerprint density at radius 3 is 2.76 bits per heavy atom. The van der Waals surface area contributed by atoms with Crippen LogP contribution in [0, 0.1) is 17.3 Å². The monoisotopic (exact) mass is 480 g/mol. The van der Waals surface area contributed by atoms with Crippen molar-refractivity contribution in [3.8, 4) is 5.75 Å². The molecule has 2 N–H and O–H groups in total. The van der Waals surface area contributed by atoms with Crippen LogP contribution in [-0.4, -0.2) is 43.6 Å². The van der Waals surface area contributed by atoms with Gasteiger partial charge in [0, 0.05) is 27.3 Å². The largest absolute Gasteiger partial charge is 0.508 e. The number of phenols is 1. The van der Waals surface area contributed by atoms with E-state index in [1.165, 1.54) is 30.4 Å². The van der Waals surface area contributed by atoms with Crippen molar-refractivity contribution in [2.45, 2.75) is 57.5 Å². The molecule has 0 aliphatic heterocycles. The zero-order valence-corrected chi connectivity index (χ0v) is 16.6. The maximum Gasteiger partial charge on any atom is 0.115 e. The first kappa shape index (κ1) is 15.8. The third kappa shape index (κ3) is 2.28. The summed E-state index contributed by atoms with van der Waals surface area (Å²) in [5.74, 6) is 2.49. The Hall–Kier alpha value is -0.0979. The van der Waals surface area contributed by atoms with E-state index < -0.39 is 0 Å². The van der Waals surface area contributed by atoms with E-state index in [2.05, 4.69) is 13.0 Å². The minimum atomic E-state index is -0.0883. The van der Waals surface area contributed by atoms with Crippen LogP contribution in [0.1, 0.15) is 56.1 Å². The van der Waals surface area contributed by atoms with Crippen LogP contribution in [-0.2, 0) is 6.42 Å². The molecule has 4 rings (SSSR count). The van der Waals surface area contributed by atoms with Gasteiger partial charge in [0.15, 0.2) is 0 Å². The Morgan fingerprint density at radius 1 is 1.14 bits per heavy atom. The summed E-state index contributed by atoms with van der Waals surface area (Å²) in [6.45, 7) is 2.32. The summed E-state index contributed by atoms with van der Waals surface area (Å²) in [5, 5.41) is 20.0. The number of aliphatic hydroxyl groups excluding tert-OH is 1. The summed E-state index contributed by atoms with van der Waals surface area (Å²) in [5.41, 5.74) is 2.99. The van der Waals surface area contributed by atoms with Crippen molar-refractivity contribution in [2.75, 3.05) is 0 Å². The number of hydrogen-bond donors (Lipinski definition) is 2. The van der Waals surface area contributed by atoms with Crippen LogP contribution in [0.3, 0.4) is 0 Å². The first-order valence-electron chi connectivity index (χ1n) is 8.09. The number of hydrogen-bond acceptors (Lipinski definition) is 2. The van der Waals surface area contributed by atoms with E-state index in [4.69, 9.17) is 0 Å². The molecular formula is C18H24O2Pb. The fourth-order valence-corrected chi connectivity index (χ4v) is 5.54. The van der Waals surface area contributed by atoms with Crippen molar-refractivity contribution in [3.63, 3.8) is 0 Å². The van der Waals surface area contributed by atoms with Crippen molar-refractivity contribution < 1.29 is 10.2 Å². The fourth-order valence-electron chi connectivity index (χ4n) is 5.54. The Morgan fingerprint density at radius 2 is 1.95 bits per heavy atom. The molecule has 2 saturated carbocycles. The Balaban J connectivity index is 0.00000132. The van der Waals surface area contributed by atoms with E-state index in [1.807, 2.05) is 12.1 Å². The van der Waals surface area contributed by atoms with E-state index >= 15 is 0 Å². The van der Waals surface area contributed by atoms with Gasteiger partial charge in [0.05, 0.1) is 6.10 Å². The van der Waals surface area contributed by atoms with Crippen LogP contribution in [0.2, 0.25) is 0 Å². The quantitative estimate of drug-likeness (QED) is 0.561. The van der Waals surface area contributed by atoms with Crippen LogP contribution in [0.5, 0.6) is 5.75 Å². The molecule has 0 aromatic heterocycles. The van der Waals surface area contributed by atoms with Gasteiger partial charge in [-0.15, -0.1) is 0 Å². The molecule has 1 aromatic rings. The molecule has 3 heteroatoms. The average Bonchev–Trinajstić information content (AvgIpc) is 2.74. The smallest absolute Gasteiger partial charge is 0.115 e. The van der Waals surface area contributed by atoms with Crippen LogP contribution < -0.4 is 0 Å². The van der Waals surface area contributed by atoms with Crippen LogP contribution >= 0.6 is 0 Å². The molecule has 3 aliphatic rings. The van der Waals surface area contributed by atoms with Gasteiger partial charge in [-0.2, -0.15) is 0 Å². The summed E-state index contributed by atoms with van der Waals surface area (Å²) in [7, 11) is 0. The molecule has 0 spiro atoms. The summed E-state index contributed by atoms with van der Waals surface area (Å²) >= 11 is 0. The van der Waals surface area contributed by atoms with Crippen molar-refractivity contribution in [2.24, 2.45) is 17.3 Å². The molecule has 1 aromatic carbocycles. The number of phenolic OH excluding ortho intramolecular Hbond substituents is 1. The molecule has 2 fully saturated rings. The number of aromatic hydroxyl groups is 1. The number of fused-ring (bicyclic) bond motifs is 5. The summed E-state index contributed by atoms with van der Waals surface area (Å²) in [6.07, 6.45) is 6.78. The van der Waals surface area contributed by atoms with Gasteiger partial charge >= 0.3 is 0 Å². The molecule has 1 unspecified atom stereocenters. The second-order valence-corrected chi connectivity index (χ2v) is 7.44. The van der Waals surface area contributed by atoms with Crippen molar-refractivity contribution in [3.05, 3.63) is 29.3 Å². The average molecular weight is 480 g/mol. The zero-order chi connectivity index (χ0) is 13.9. The molecule has 0 bridgehead atoms. The molecule has 112 valence electrons. The normalized spacial score (nSPS) is 40.7. The molecule has 0 saturated heterocycles. The summed E-state index contributed by atoms with van der Waals surface area (Å²) in [4.78, 5) is 0. The van der Waals surface area contributed by atoms with Crippen molar-refractivity contribution in [1.29, 1.82) is 0 Å². The Kier molecular flexibility index (Phi) is 4.15. The third-order valence-corrected chi connectivity index (χ3v) is 6.66. The first-order valence-corrected chi connectivity index (χ1v) is 8.09. The van der Waals surface area contributed by atoms with Gasteiger partial charge in [0.1, 0.15) is 5.75 Å². The molecule has 0 heterocycles. The molecule has 0 amide bonds. The maximum absolute atomic E-state index is 10.4.